The number of anilines is 2. The van der Waals surface area contributed by atoms with E-state index >= 15 is 0 Å². The average molecular weight is 261 g/mol. The molecule has 0 radical (unpaired) electrons. The van der Waals surface area contributed by atoms with E-state index in [1.54, 1.807) is 0 Å². The van der Waals surface area contributed by atoms with Crippen LogP contribution in [0.25, 0.3) is 0 Å². The number of aromatic nitrogens is 1. The first-order valence-electron chi connectivity index (χ1n) is 7.47. The topological polar surface area (TPSA) is 51.4 Å². The van der Waals surface area contributed by atoms with Crippen LogP contribution in [0.1, 0.15) is 38.5 Å². The first-order valence-corrected chi connectivity index (χ1v) is 7.47. The van der Waals surface area contributed by atoms with Crippen molar-refractivity contribution in [1.82, 2.24) is 4.98 Å². The molecule has 2 fully saturated rings. The van der Waals surface area contributed by atoms with Crippen LogP contribution in [-0.2, 0) is 0 Å². The third-order valence-corrected chi connectivity index (χ3v) is 3.96. The molecule has 1 aliphatic carbocycles. The molecule has 19 heavy (non-hydrogen) atoms. The molecule has 4 nitrogen and oxygen atoms in total. The summed E-state index contributed by atoms with van der Waals surface area (Å²) in [5.74, 6) is 2.36. The minimum atomic E-state index is 0.619. The van der Waals surface area contributed by atoms with Crippen molar-refractivity contribution in [3.05, 3.63) is 12.1 Å². The first kappa shape index (κ1) is 12.6. The van der Waals surface area contributed by atoms with Crippen molar-refractivity contribution in [3.63, 3.8) is 0 Å². The lowest BCUT2D eigenvalue weighted by Gasteiger charge is -2.22. The highest BCUT2D eigenvalue weighted by Crippen LogP contribution is 2.31. The molecule has 0 unspecified atom stereocenters. The van der Waals surface area contributed by atoms with E-state index in [2.05, 4.69) is 9.88 Å². The predicted molar refractivity (Wildman–Crippen MR) is 77.5 cm³/mol. The Balaban J connectivity index is 1.70. The van der Waals surface area contributed by atoms with Crippen molar-refractivity contribution in [1.29, 1.82) is 0 Å². The number of hydrogen-bond acceptors (Lipinski definition) is 4. The smallest absolute Gasteiger partial charge is 0.239 e. The number of ether oxygens (including phenoxy) is 1. The summed E-state index contributed by atoms with van der Waals surface area (Å²) in [5.41, 5.74) is 6.60. The molecular weight excluding hydrogens is 238 g/mol. The van der Waals surface area contributed by atoms with Gasteiger partial charge in [-0.25, -0.2) is 0 Å². The Labute approximate surface area is 115 Å². The van der Waals surface area contributed by atoms with Crippen LogP contribution >= 0.6 is 0 Å². The minimum absolute atomic E-state index is 0.619. The number of nitrogen functional groups attached to an aromatic ring is 1. The van der Waals surface area contributed by atoms with Crippen molar-refractivity contribution in [2.24, 2.45) is 5.92 Å². The van der Waals surface area contributed by atoms with Crippen LogP contribution in [0.4, 0.5) is 11.5 Å². The maximum Gasteiger partial charge on any atom is 0.239 e. The van der Waals surface area contributed by atoms with E-state index in [0.717, 1.165) is 31.4 Å². The number of rotatable bonds is 4. The van der Waals surface area contributed by atoms with Crippen molar-refractivity contribution in [2.45, 2.75) is 38.5 Å². The van der Waals surface area contributed by atoms with Crippen molar-refractivity contribution in [2.75, 3.05) is 30.3 Å². The summed E-state index contributed by atoms with van der Waals surface area (Å²) in [4.78, 5) is 6.97. The maximum absolute atomic E-state index is 5.95. The molecule has 104 valence electrons. The lowest BCUT2D eigenvalue weighted by Crippen LogP contribution is -2.25. The Kier molecular flexibility index (Phi) is 3.76. The SMILES string of the molecule is Nc1ccc(N2CCCCCC2)nc1OCC1CC1. The Morgan fingerprint density at radius 1 is 1.16 bits per heavy atom. The van der Waals surface area contributed by atoms with Crippen molar-refractivity contribution < 1.29 is 4.74 Å². The largest absolute Gasteiger partial charge is 0.476 e. The van der Waals surface area contributed by atoms with Crippen LogP contribution in [0.5, 0.6) is 5.88 Å². The van der Waals surface area contributed by atoms with E-state index in [4.69, 9.17) is 10.5 Å². The zero-order valence-corrected chi connectivity index (χ0v) is 11.5. The first-order chi connectivity index (χ1) is 9.33. The molecule has 1 saturated carbocycles. The van der Waals surface area contributed by atoms with E-state index in [1.807, 2.05) is 12.1 Å². The Hall–Kier alpha value is -1.45. The van der Waals surface area contributed by atoms with Crippen LogP contribution in [0.2, 0.25) is 0 Å². The van der Waals surface area contributed by atoms with Crippen LogP contribution in [0.3, 0.4) is 0 Å². The molecule has 2 heterocycles. The van der Waals surface area contributed by atoms with Gasteiger partial charge in [-0.05, 0) is 43.7 Å². The van der Waals surface area contributed by atoms with Crippen LogP contribution < -0.4 is 15.4 Å². The fourth-order valence-electron chi connectivity index (χ4n) is 2.51. The Morgan fingerprint density at radius 2 is 1.89 bits per heavy atom. The normalized spacial score (nSPS) is 20.1. The minimum Gasteiger partial charge on any atom is -0.476 e. The zero-order chi connectivity index (χ0) is 13.1. The summed E-state index contributed by atoms with van der Waals surface area (Å²) in [7, 11) is 0. The lowest BCUT2D eigenvalue weighted by atomic mass is 10.2. The molecule has 4 heteroatoms. The van der Waals surface area contributed by atoms with Gasteiger partial charge >= 0.3 is 0 Å². The van der Waals surface area contributed by atoms with Gasteiger partial charge in [-0.3, -0.25) is 0 Å². The third kappa shape index (κ3) is 3.31. The fraction of sp³-hybridized carbons (Fsp3) is 0.667. The maximum atomic E-state index is 5.95. The molecule has 3 rings (SSSR count). The molecule has 1 aromatic heterocycles. The second-order valence-corrected chi connectivity index (χ2v) is 5.72. The second kappa shape index (κ2) is 5.68. The quantitative estimate of drug-likeness (QED) is 0.905. The van der Waals surface area contributed by atoms with Gasteiger partial charge in [0, 0.05) is 13.1 Å². The molecular formula is C15H23N3O. The zero-order valence-electron chi connectivity index (χ0n) is 11.5. The van der Waals surface area contributed by atoms with Gasteiger partial charge in [0.1, 0.15) is 5.82 Å². The van der Waals surface area contributed by atoms with Gasteiger partial charge < -0.3 is 15.4 Å². The van der Waals surface area contributed by atoms with Crippen LogP contribution in [-0.4, -0.2) is 24.7 Å². The van der Waals surface area contributed by atoms with E-state index in [0.29, 0.717) is 11.6 Å². The molecule has 0 atom stereocenters. The standard InChI is InChI=1S/C15H23N3O/c16-13-7-8-14(18-9-3-1-2-4-10-18)17-15(13)19-11-12-5-6-12/h7-8,12H,1-6,9-11,16H2. The average Bonchev–Trinajstić information content (AvgIpc) is 3.25. The summed E-state index contributed by atoms with van der Waals surface area (Å²) < 4.78 is 5.76. The van der Waals surface area contributed by atoms with E-state index in [1.165, 1.54) is 38.5 Å². The predicted octanol–water partition coefficient (Wildman–Crippen LogP) is 2.83. The Morgan fingerprint density at radius 3 is 2.58 bits per heavy atom. The van der Waals surface area contributed by atoms with Crippen molar-refractivity contribution in [3.8, 4) is 5.88 Å². The number of nitrogens with zero attached hydrogens (tertiary/aromatic N) is 2. The molecule has 0 bridgehead atoms. The molecule has 2 N–H and O–H groups in total. The van der Waals surface area contributed by atoms with Gasteiger partial charge in [-0.1, -0.05) is 12.8 Å². The molecule has 1 aliphatic heterocycles. The molecule has 0 amide bonds. The summed E-state index contributed by atoms with van der Waals surface area (Å²) in [6.07, 6.45) is 7.74. The van der Waals surface area contributed by atoms with Gasteiger partial charge in [-0.2, -0.15) is 4.98 Å². The summed E-state index contributed by atoms with van der Waals surface area (Å²) in [6.45, 7) is 2.96. The molecule has 0 aromatic carbocycles. The van der Waals surface area contributed by atoms with E-state index < -0.39 is 0 Å². The lowest BCUT2D eigenvalue weighted by molar-refractivity contribution is 0.290. The molecule has 2 aliphatic rings. The highest BCUT2D eigenvalue weighted by atomic mass is 16.5. The number of pyridine rings is 1. The van der Waals surface area contributed by atoms with Crippen molar-refractivity contribution >= 4 is 11.5 Å². The number of nitrogens with two attached hydrogens (primary N) is 1. The van der Waals surface area contributed by atoms with Gasteiger partial charge in [0.25, 0.3) is 0 Å². The van der Waals surface area contributed by atoms with Crippen LogP contribution in [0, 0.1) is 5.92 Å². The monoisotopic (exact) mass is 261 g/mol. The van der Waals surface area contributed by atoms with Gasteiger partial charge in [0.05, 0.1) is 12.3 Å². The summed E-state index contributed by atoms with van der Waals surface area (Å²) >= 11 is 0. The fourth-order valence-corrected chi connectivity index (χ4v) is 2.51. The molecule has 0 spiro atoms. The number of hydrogen-bond donors (Lipinski definition) is 1. The van der Waals surface area contributed by atoms with Gasteiger partial charge in [0.15, 0.2) is 0 Å². The molecule has 1 saturated heterocycles. The van der Waals surface area contributed by atoms with E-state index in [9.17, 15) is 0 Å². The van der Waals surface area contributed by atoms with Gasteiger partial charge in [0.2, 0.25) is 5.88 Å². The summed E-state index contributed by atoms with van der Waals surface area (Å²) in [5, 5.41) is 0. The highest BCUT2D eigenvalue weighted by molar-refractivity contribution is 5.54. The highest BCUT2D eigenvalue weighted by Gasteiger charge is 2.23. The third-order valence-electron chi connectivity index (χ3n) is 3.96. The summed E-state index contributed by atoms with van der Waals surface area (Å²) in [6, 6.07) is 3.94. The second-order valence-electron chi connectivity index (χ2n) is 5.72. The van der Waals surface area contributed by atoms with E-state index in [-0.39, 0.29) is 0 Å². The van der Waals surface area contributed by atoms with Gasteiger partial charge in [-0.15, -0.1) is 0 Å². The Bertz CT molecular complexity index is 423. The molecule has 1 aromatic rings. The van der Waals surface area contributed by atoms with Crippen LogP contribution in [0.15, 0.2) is 12.1 Å².